The molecule has 2 aliphatic heterocycles. The predicted molar refractivity (Wildman–Crippen MR) is 95.3 cm³/mol. The lowest BCUT2D eigenvalue weighted by molar-refractivity contribution is -0.142. The van der Waals surface area contributed by atoms with E-state index in [1.54, 1.807) is 0 Å². The fourth-order valence-electron chi connectivity index (χ4n) is 3.40. The molecule has 0 bridgehead atoms. The number of halogens is 1. The maximum Gasteiger partial charge on any atom is 0.320 e. The van der Waals surface area contributed by atoms with Crippen LogP contribution in [0.4, 0.5) is 0 Å². The van der Waals surface area contributed by atoms with Gasteiger partial charge in [0, 0.05) is 26.2 Å². The minimum atomic E-state index is -0.744. The van der Waals surface area contributed by atoms with Crippen LogP contribution in [0.2, 0.25) is 5.02 Å². The van der Waals surface area contributed by atoms with Crippen molar-refractivity contribution in [3.63, 3.8) is 0 Å². The van der Waals surface area contributed by atoms with Crippen LogP contribution in [0.5, 0.6) is 5.75 Å². The summed E-state index contributed by atoms with van der Waals surface area (Å²) in [5.74, 6) is -0.0680. The van der Waals surface area contributed by atoms with Crippen LogP contribution in [-0.4, -0.2) is 72.9 Å². The van der Waals surface area contributed by atoms with Crippen LogP contribution in [0.3, 0.4) is 0 Å². The van der Waals surface area contributed by atoms with E-state index < -0.39 is 5.97 Å². The second-order valence-corrected chi connectivity index (χ2v) is 6.94. The van der Waals surface area contributed by atoms with E-state index in [4.69, 9.17) is 21.1 Å². The van der Waals surface area contributed by atoms with Crippen molar-refractivity contribution in [1.29, 1.82) is 0 Å². The summed E-state index contributed by atoms with van der Waals surface area (Å²) in [5.41, 5.74) is 1.01. The highest BCUT2D eigenvalue weighted by atomic mass is 35.5. The number of benzene rings is 1. The first kappa shape index (κ1) is 18.5. The van der Waals surface area contributed by atoms with Crippen molar-refractivity contribution in [1.82, 2.24) is 9.80 Å². The molecule has 1 aromatic rings. The molecule has 138 valence electrons. The van der Waals surface area contributed by atoms with Crippen molar-refractivity contribution < 1.29 is 19.4 Å². The molecule has 0 spiro atoms. The van der Waals surface area contributed by atoms with Crippen LogP contribution in [0.25, 0.3) is 0 Å². The highest BCUT2D eigenvalue weighted by molar-refractivity contribution is 6.32. The van der Waals surface area contributed by atoms with Crippen LogP contribution < -0.4 is 4.74 Å². The number of hydrogen-bond acceptors (Lipinski definition) is 5. The number of rotatable bonds is 7. The van der Waals surface area contributed by atoms with Crippen molar-refractivity contribution in [2.24, 2.45) is 0 Å². The van der Waals surface area contributed by atoms with E-state index in [1.807, 2.05) is 23.1 Å². The van der Waals surface area contributed by atoms with Gasteiger partial charge in [0.25, 0.3) is 0 Å². The maximum atomic E-state index is 11.3. The number of likely N-dealkylation sites (tertiary alicyclic amines) is 1. The molecule has 25 heavy (non-hydrogen) atoms. The fourth-order valence-corrected chi connectivity index (χ4v) is 3.66. The Morgan fingerprint density at radius 3 is 2.84 bits per heavy atom. The molecule has 0 aliphatic carbocycles. The second kappa shape index (κ2) is 8.85. The van der Waals surface area contributed by atoms with Gasteiger partial charge in [0.1, 0.15) is 18.4 Å². The van der Waals surface area contributed by atoms with Gasteiger partial charge < -0.3 is 14.6 Å². The maximum absolute atomic E-state index is 11.3. The average Bonchev–Trinajstić information content (AvgIpc) is 3.06. The molecule has 2 heterocycles. The zero-order valence-corrected chi connectivity index (χ0v) is 15.1. The third-order valence-corrected chi connectivity index (χ3v) is 5.09. The Morgan fingerprint density at radius 1 is 1.32 bits per heavy atom. The Labute approximate surface area is 153 Å². The van der Waals surface area contributed by atoms with Gasteiger partial charge in [-0.1, -0.05) is 17.7 Å². The molecule has 0 aromatic heterocycles. The number of carboxylic acids is 1. The second-order valence-electron chi connectivity index (χ2n) is 6.53. The summed E-state index contributed by atoms with van der Waals surface area (Å²) in [6.07, 6.45) is 1.64. The Hall–Kier alpha value is -1.34. The molecular weight excluding hydrogens is 344 g/mol. The number of aliphatic carboxylic acids is 1. The van der Waals surface area contributed by atoms with Crippen molar-refractivity contribution in [3.05, 3.63) is 28.8 Å². The van der Waals surface area contributed by atoms with Gasteiger partial charge in [-0.3, -0.25) is 14.6 Å². The molecule has 0 amide bonds. The van der Waals surface area contributed by atoms with Crippen LogP contribution in [0.15, 0.2) is 18.2 Å². The minimum absolute atomic E-state index is 0.386. The third-order valence-electron chi connectivity index (χ3n) is 4.80. The van der Waals surface area contributed by atoms with Crippen LogP contribution >= 0.6 is 11.6 Å². The standard InChI is InChI=1S/C18H25ClN2O4/c19-15-12-14(13-21-5-1-2-16(21)18(22)23)3-4-17(15)25-11-8-20-6-9-24-10-7-20/h3-4,12,16H,1-2,5-11,13H2,(H,22,23)/t16-/m0/s1. The summed E-state index contributed by atoms with van der Waals surface area (Å²) in [4.78, 5) is 15.6. The van der Waals surface area contributed by atoms with Crippen molar-refractivity contribution in [3.8, 4) is 5.75 Å². The highest BCUT2D eigenvalue weighted by Gasteiger charge is 2.30. The van der Waals surface area contributed by atoms with E-state index in [1.165, 1.54) is 0 Å². The number of carbonyl (C=O) groups is 1. The quantitative estimate of drug-likeness (QED) is 0.795. The van der Waals surface area contributed by atoms with E-state index in [9.17, 15) is 9.90 Å². The van der Waals surface area contributed by atoms with Gasteiger partial charge in [0.05, 0.1) is 18.2 Å². The Balaban J connectivity index is 1.51. The predicted octanol–water partition coefficient (Wildman–Crippen LogP) is 2.10. The number of hydrogen-bond donors (Lipinski definition) is 1. The molecule has 7 heteroatoms. The number of carboxylic acid groups (broad SMARTS) is 1. The van der Waals surface area contributed by atoms with Gasteiger partial charge in [-0.2, -0.15) is 0 Å². The van der Waals surface area contributed by atoms with Crippen LogP contribution in [0, 0.1) is 0 Å². The number of ether oxygens (including phenoxy) is 2. The largest absolute Gasteiger partial charge is 0.491 e. The van der Waals surface area contributed by atoms with Crippen LogP contribution in [0.1, 0.15) is 18.4 Å². The summed E-state index contributed by atoms with van der Waals surface area (Å²) in [5, 5.41) is 9.84. The minimum Gasteiger partial charge on any atom is -0.491 e. The van der Waals surface area contributed by atoms with Gasteiger partial charge in [0.2, 0.25) is 0 Å². The lowest BCUT2D eigenvalue weighted by atomic mass is 10.1. The molecule has 0 saturated carbocycles. The average molecular weight is 369 g/mol. The molecule has 1 atom stereocenters. The Morgan fingerprint density at radius 2 is 2.12 bits per heavy atom. The van der Waals surface area contributed by atoms with Gasteiger partial charge in [-0.15, -0.1) is 0 Å². The van der Waals surface area contributed by atoms with E-state index in [0.29, 0.717) is 30.3 Å². The van der Waals surface area contributed by atoms with Gasteiger partial charge >= 0.3 is 5.97 Å². The van der Waals surface area contributed by atoms with Crippen LogP contribution in [-0.2, 0) is 16.1 Å². The Bertz CT molecular complexity index is 592. The van der Waals surface area contributed by atoms with E-state index in [-0.39, 0.29) is 6.04 Å². The van der Waals surface area contributed by atoms with Crippen molar-refractivity contribution in [2.75, 3.05) is 46.0 Å². The SMILES string of the molecule is O=C(O)[C@@H]1CCCN1Cc1ccc(OCCN2CCOCC2)c(Cl)c1. The van der Waals surface area contributed by atoms with Gasteiger partial charge in [0.15, 0.2) is 0 Å². The first-order valence-electron chi connectivity index (χ1n) is 8.81. The summed E-state index contributed by atoms with van der Waals surface area (Å²) in [7, 11) is 0. The summed E-state index contributed by atoms with van der Waals surface area (Å²) in [6, 6.07) is 5.34. The third kappa shape index (κ3) is 5.07. The van der Waals surface area contributed by atoms with E-state index in [0.717, 1.165) is 51.4 Å². The fraction of sp³-hybridized carbons (Fsp3) is 0.611. The summed E-state index contributed by atoms with van der Waals surface area (Å²) in [6.45, 7) is 6.30. The lowest BCUT2D eigenvalue weighted by Crippen LogP contribution is -2.38. The molecule has 1 N–H and O–H groups in total. The van der Waals surface area contributed by atoms with Gasteiger partial charge in [-0.25, -0.2) is 0 Å². The highest BCUT2D eigenvalue weighted by Crippen LogP contribution is 2.27. The normalized spacial score (nSPS) is 22.2. The Kier molecular flexibility index (Phi) is 6.53. The summed E-state index contributed by atoms with van der Waals surface area (Å²) >= 11 is 6.34. The topological polar surface area (TPSA) is 62.2 Å². The van der Waals surface area contributed by atoms with E-state index in [2.05, 4.69) is 4.90 Å². The molecule has 2 saturated heterocycles. The molecule has 1 aromatic carbocycles. The van der Waals surface area contributed by atoms with Gasteiger partial charge in [-0.05, 0) is 37.1 Å². The molecule has 3 rings (SSSR count). The van der Waals surface area contributed by atoms with Crippen molar-refractivity contribution in [2.45, 2.75) is 25.4 Å². The summed E-state index contributed by atoms with van der Waals surface area (Å²) < 4.78 is 11.1. The lowest BCUT2D eigenvalue weighted by Gasteiger charge is -2.26. The molecule has 0 unspecified atom stereocenters. The first-order chi connectivity index (χ1) is 12.1. The zero-order valence-electron chi connectivity index (χ0n) is 14.3. The monoisotopic (exact) mass is 368 g/mol. The molecule has 2 aliphatic rings. The zero-order chi connectivity index (χ0) is 17.6. The molecule has 6 nitrogen and oxygen atoms in total. The van der Waals surface area contributed by atoms with E-state index >= 15 is 0 Å². The number of morpholine rings is 1. The molecule has 2 fully saturated rings. The number of nitrogens with zero attached hydrogens (tertiary/aromatic N) is 2. The van der Waals surface area contributed by atoms with Crippen molar-refractivity contribution >= 4 is 17.6 Å². The molecule has 0 radical (unpaired) electrons. The first-order valence-corrected chi connectivity index (χ1v) is 9.19. The smallest absolute Gasteiger partial charge is 0.320 e. The molecular formula is C18H25ClN2O4.